The Kier molecular flexibility index (Phi) is 6.45. The summed E-state index contributed by atoms with van der Waals surface area (Å²) < 4.78 is 20.2. The number of carboxylic acids is 1. The van der Waals surface area contributed by atoms with Crippen LogP contribution >= 0.6 is 0 Å². The van der Waals surface area contributed by atoms with Crippen LogP contribution in [0.25, 0.3) is 0 Å². The maximum absolute atomic E-state index is 14.5. The standard InChI is InChI=1S/C27H29FN2O5/c28-18-9-12-23-21(15-18)26(29(19-10-11-19)24(31)13-14-25(32)33)20-7-4-8-22(20)30(23)27(34)35-16-17-5-2-1-3-6-17/h1-3,5-6,9,12,15,19-20,22,26H,4,7-8,10-11,13-14,16H2,(H,32,33)/t20-,22+,26+/m0/s1. The van der Waals surface area contributed by atoms with E-state index in [-0.39, 0.29) is 49.4 Å². The number of hydrogen-bond acceptors (Lipinski definition) is 4. The van der Waals surface area contributed by atoms with Crippen molar-refractivity contribution in [1.29, 1.82) is 0 Å². The van der Waals surface area contributed by atoms with Crippen LogP contribution in [0.2, 0.25) is 0 Å². The first-order valence-corrected chi connectivity index (χ1v) is 12.3. The molecule has 0 spiro atoms. The number of carboxylic acid groups (broad SMARTS) is 1. The molecule has 184 valence electrons. The number of rotatable bonds is 7. The summed E-state index contributed by atoms with van der Waals surface area (Å²) in [6.07, 6.45) is 3.33. The molecule has 2 aromatic carbocycles. The van der Waals surface area contributed by atoms with E-state index in [1.165, 1.54) is 12.1 Å². The number of amides is 2. The van der Waals surface area contributed by atoms with Crippen LogP contribution < -0.4 is 4.90 Å². The van der Waals surface area contributed by atoms with Crippen LogP contribution in [0.3, 0.4) is 0 Å². The fraction of sp³-hybridized carbons (Fsp3) is 0.444. The number of fused-ring (bicyclic) bond motifs is 2. The summed E-state index contributed by atoms with van der Waals surface area (Å²) in [5, 5.41) is 9.10. The molecule has 0 unspecified atom stereocenters. The Balaban J connectivity index is 1.49. The molecule has 8 heteroatoms. The van der Waals surface area contributed by atoms with Gasteiger partial charge in [0.15, 0.2) is 0 Å². The number of carbonyl (C=O) groups is 3. The molecule has 2 amide bonds. The molecule has 3 aliphatic rings. The maximum Gasteiger partial charge on any atom is 0.414 e. The molecule has 2 saturated carbocycles. The predicted octanol–water partition coefficient (Wildman–Crippen LogP) is 5.05. The summed E-state index contributed by atoms with van der Waals surface area (Å²) in [5.41, 5.74) is 2.04. The number of halogens is 1. The van der Waals surface area contributed by atoms with Crippen molar-refractivity contribution in [3.05, 3.63) is 65.5 Å². The van der Waals surface area contributed by atoms with E-state index in [0.717, 1.165) is 37.7 Å². The van der Waals surface area contributed by atoms with Gasteiger partial charge in [0.1, 0.15) is 12.4 Å². The van der Waals surface area contributed by atoms with E-state index in [0.29, 0.717) is 11.3 Å². The van der Waals surface area contributed by atoms with Crippen molar-refractivity contribution in [3.63, 3.8) is 0 Å². The summed E-state index contributed by atoms with van der Waals surface area (Å²) >= 11 is 0. The van der Waals surface area contributed by atoms with Gasteiger partial charge in [-0.1, -0.05) is 36.8 Å². The number of nitrogens with zero attached hydrogens (tertiary/aromatic N) is 2. The minimum atomic E-state index is -1.02. The van der Waals surface area contributed by atoms with E-state index in [1.54, 1.807) is 15.9 Å². The molecule has 2 aliphatic carbocycles. The SMILES string of the molecule is O=C(O)CCC(=O)N(C1CC1)[C@H]1c2cc(F)ccc2N(C(=O)OCc2ccccc2)[C@@H]2CCC[C@@H]21. The average molecular weight is 481 g/mol. The number of hydrogen-bond donors (Lipinski definition) is 1. The summed E-state index contributed by atoms with van der Waals surface area (Å²) in [6, 6.07) is 13.2. The first-order valence-electron chi connectivity index (χ1n) is 12.3. The second-order valence-electron chi connectivity index (χ2n) is 9.65. The van der Waals surface area contributed by atoms with Gasteiger partial charge in [-0.05, 0) is 49.4 Å². The predicted molar refractivity (Wildman–Crippen MR) is 126 cm³/mol. The lowest BCUT2D eigenvalue weighted by atomic mass is 9.81. The van der Waals surface area contributed by atoms with E-state index in [1.807, 2.05) is 30.3 Å². The van der Waals surface area contributed by atoms with Crippen LogP contribution in [0.15, 0.2) is 48.5 Å². The monoisotopic (exact) mass is 480 g/mol. The zero-order valence-electron chi connectivity index (χ0n) is 19.4. The third-order valence-corrected chi connectivity index (χ3v) is 7.32. The Labute approximate surface area is 203 Å². The van der Waals surface area contributed by atoms with Gasteiger partial charge in [0.2, 0.25) is 5.91 Å². The van der Waals surface area contributed by atoms with Gasteiger partial charge in [-0.3, -0.25) is 14.5 Å². The molecule has 1 aliphatic heterocycles. The second-order valence-corrected chi connectivity index (χ2v) is 9.65. The second kappa shape index (κ2) is 9.68. The van der Waals surface area contributed by atoms with Crippen molar-refractivity contribution in [2.24, 2.45) is 5.92 Å². The molecular weight excluding hydrogens is 451 g/mol. The van der Waals surface area contributed by atoms with E-state index in [2.05, 4.69) is 0 Å². The topological polar surface area (TPSA) is 87.2 Å². The Morgan fingerprint density at radius 2 is 1.80 bits per heavy atom. The molecular formula is C27H29FN2O5. The van der Waals surface area contributed by atoms with Crippen LogP contribution in [0.1, 0.15) is 62.1 Å². The van der Waals surface area contributed by atoms with Crippen molar-refractivity contribution in [2.45, 2.75) is 69.7 Å². The Morgan fingerprint density at radius 3 is 2.51 bits per heavy atom. The van der Waals surface area contributed by atoms with Gasteiger partial charge in [-0.25, -0.2) is 9.18 Å². The van der Waals surface area contributed by atoms with E-state index in [4.69, 9.17) is 9.84 Å². The highest BCUT2D eigenvalue weighted by atomic mass is 19.1. The normalized spacial score (nSPS) is 22.8. The van der Waals surface area contributed by atoms with Crippen molar-refractivity contribution in [1.82, 2.24) is 4.90 Å². The van der Waals surface area contributed by atoms with Crippen molar-refractivity contribution < 1.29 is 28.6 Å². The maximum atomic E-state index is 14.5. The van der Waals surface area contributed by atoms with Crippen molar-refractivity contribution in [2.75, 3.05) is 4.90 Å². The molecule has 0 aromatic heterocycles. The number of benzene rings is 2. The summed E-state index contributed by atoms with van der Waals surface area (Å²) in [7, 11) is 0. The van der Waals surface area contributed by atoms with Gasteiger partial charge in [0.25, 0.3) is 0 Å². The first kappa shape index (κ1) is 23.3. The molecule has 5 rings (SSSR count). The number of anilines is 1. The highest BCUT2D eigenvalue weighted by Crippen LogP contribution is 2.53. The summed E-state index contributed by atoms with van der Waals surface area (Å²) in [4.78, 5) is 41.2. The molecule has 0 saturated heterocycles. The zero-order chi connectivity index (χ0) is 24.5. The fourth-order valence-corrected chi connectivity index (χ4v) is 5.71. The third-order valence-electron chi connectivity index (χ3n) is 7.32. The molecule has 2 aromatic rings. The van der Waals surface area contributed by atoms with Crippen molar-refractivity contribution in [3.8, 4) is 0 Å². The van der Waals surface area contributed by atoms with Crippen LogP contribution in [0.4, 0.5) is 14.9 Å². The van der Waals surface area contributed by atoms with E-state index < -0.39 is 17.9 Å². The van der Waals surface area contributed by atoms with Crippen molar-refractivity contribution >= 4 is 23.7 Å². The largest absolute Gasteiger partial charge is 0.481 e. The molecule has 2 fully saturated rings. The minimum absolute atomic E-state index is 0.0234. The van der Waals surface area contributed by atoms with Crippen LogP contribution in [-0.2, 0) is 20.9 Å². The Bertz CT molecular complexity index is 1120. The zero-order valence-corrected chi connectivity index (χ0v) is 19.4. The van der Waals surface area contributed by atoms with E-state index >= 15 is 0 Å². The smallest absolute Gasteiger partial charge is 0.414 e. The highest BCUT2D eigenvalue weighted by Gasteiger charge is 2.51. The first-order chi connectivity index (χ1) is 16.9. The minimum Gasteiger partial charge on any atom is -0.481 e. The van der Waals surface area contributed by atoms with Gasteiger partial charge in [-0.2, -0.15) is 0 Å². The Morgan fingerprint density at radius 1 is 1.03 bits per heavy atom. The van der Waals surface area contributed by atoms with Gasteiger partial charge in [0, 0.05) is 30.0 Å². The lowest BCUT2D eigenvalue weighted by Gasteiger charge is -2.47. The number of carbonyl (C=O) groups excluding carboxylic acids is 2. The quantitative estimate of drug-likeness (QED) is 0.599. The Hall–Kier alpha value is -3.42. The van der Waals surface area contributed by atoms with E-state index in [9.17, 15) is 18.8 Å². The van der Waals surface area contributed by atoms with Gasteiger partial charge < -0.3 is 14.7 Å². The molecule has 1 N–H and O–H groups in total. The molecule has 1 heterocycles. The molecule has 7 nitrogen and oxygen atoms in total. The number of ether oxygens (including phenoxy) is 1. The van der Waals surface area contributed by atoms with Crippen LogP contribution in [0.5, 0.6) is 0 Å². The van der Waals surface area contributed by atoms with Crippen LogP contribution in [-0.4, -0.2) is 40.1 Å². The summed E-state index contributed by atoms with van der Waals surface area (Å²) in [6.45, 7) is 0.134. The molecule has 35 heavy (non-hydrogen) atoms. The van der Waals surface area contributed by atoms with Crippen LogP contribution in [0, 0.1) is 11.7 Å². The lowest BCUT2D eigenvalue weighted by Crippen LogP contribution is -2.53. The van der Waals surface area contributed by atoms with Gasteiger partial charge >= 0.3 is 12.1 Å². The molecule has 0 radical (unpaired) electrons. The highest BCUT2D eigenvalue weighted by molar-refractivity contribution is 5.91. The third kappa shape index (κ3) is 4.74. The summed E-state index contributed by atoms with van der Waals surface area (Å²) in [5.74, 6) is -1.74. The van der Waals surface area contributed by atoms with Gasteiger partial charge in [0.05, 0.1) is 18.2 Å². The average Bonchev–Trinajstić information content (AvgIpc) is 3.57. The number of aliphatic carboxylic acids is 1. The molecule has 3 atom stereocenters. The van der Waals surface area contributed by atoms with Gasteiger partial charge in [-0.15, -0.1) is 0 Å². The fourth-order valence-electron chi connectivity index (χ4n) is 5.71. The molecule has 0 bridgehead atoms. The lowest BCUT2D eigenvalue weighted by molar-refractivity contribution is -0.142.